The normalized spacial score (nSPS) is 14.1. The van der Waals surface area contributed by atoms with E-state index in [1.54, 1.807) is 0 Å². The lowest BCUT2D eigenvalue weighted by Crippen LogP contribution is -2.39. The largest absolute Gasteiger partial charge is 0.481 e. The highest BCUT2D eigenvalue weighted by Crippen LogP contribution is 2.44. The number of unbranched alkanes of at least 4 members (excludes halogenated alkanes) is 19. The summed E-state index contributed by atoms with van der Waals surface area (Å²) in [5.74, 6) is -0.141. The number of aliphatic carboxylic acids is 1. The summed E-state index contributed by atoms with van der Waals surface area (Å²) < 4.78 is 0. The molecule has 0 amide bonds. The molecule has 2 atom stereocenters. The fourth-order valence-corrected chi connectivity index (χ4v) is 6.40. The van der Waals surface area contributed by atoms with E-state index in [4.69, 9.17) is 0 Å². The van der Waals surface area contributed by atoms with Crippen LogP contribution in [0.15, 0.2) is 0 Å². The number of carboxylic acids is 1. The summed E-state index contributed by atoms with van der Waals surface area (Å²) >= 11 is 0. The molecule has 0 spiro atoms. The van der Waals surface area contributed by atoms with Crippen molar-refractivity contribution in [2.24, 2.45) is 11.3 Å². The predicted molar refractivity (Wildman–Crippen MR) is 161 cm³/mol. The van der Waals surface area contributed by atoms with Gasteiger partial charge in [0.05, 0.1) is 5.41 Å². The zero-order valence-corrected chi connectivity index (χ0v) is 25.5. The van der Waals surface area contributed by atoms with Crippen molar-refractivity contribution in [2.75, 3.05) is 0 Å². The van der Waals surface area contributed by atoms with Crippen LogP contribution in [0.1, 0.15) is 201 Å². The molecule has 2 heteroatoms. The van der Waals surface area contributed by atoms with Gasteiger partial charge in [0.2, 0.25) is 0 Å². The molecule has 0 saturated carbocycles. The minimum atomic E-state index is -0.500. The predicted octanol–water partition coefficient (Wildman–Crippen LogP) is 12.3. The van der Waals surface area contributed by atoms with Crippen molar-refractivity contribution in [3.8, 4) is 0 Å². The average molecular weight is 509 g/mol. The maximum Gasteiger partial charge on any atom is 0.309 e. The summed E-state index contributed by atoms with van der Waals surface area (Å²) in [5, 5.41) is 10.5. The van der Waals surface area contributed by atoms with E-state index in [9.17, 15) is 9.90 Å². The molecule has 0 aliphatic heterocycles. The molecule has 0 saturated heterocycles. The fraction of sp³-hybridized carbons (Fsp3) is 0.971. The molecular weight excluding hydrogens is 440 g/mol. The van der Waals surface area contributed by atoms with E-state index < -0.39 is 11.4 Å². The van der Waals surface area contributed by atoms with Gasteiger partial charge in [0.1, 0.15) is 0 Å². The van der Waals surface area contributed by atoms with Crippen LogP contribution in [0.4, 0.5) is 0 Å². The van der Waals surface area contributed by atoms with E-state index in [0.29, 0.717) is 5.92 Å². The molecule has 0 aromatic carbocycles. The third kappa shape index (κ3) is 17.8. The first-order valence-corrected chi connectivity index (χ1v) is 16.8. The first-order chi connectivity index (χ1) is 17.6. The molecule has 0 aromatic heterocycles. The Morgan fingerprint density at radius 2 is 0.861 bits per heavy atom. The molecule has 36 heavy (non-hydrogen) atoms. The Bertz CT molecular complexity index is 460. The van der Waals surface area contributed by atoms with Crippen LogP contribution < -0.4 is 0 Å². The standard InChI is InChI=1S/C34H68O2/c1-5-9-11-13-15-17-18-19-20-21-22-24-26-29-32(28-7-3)34(30-8-4,33(35)36)31-27-25-23-16-14-12-10-6-2/h32H,5-31H2,1-4H3,(H,35,36). The Balaban J connectivity index is 4.34. The summed E-state index contributed by atoms with van der Waals surface area (Å²) in [5.41, 5.74) is -0.482. The lowest BCUT2D eigenvalue weighted by atomic mass is 9.65. The van der Waals surface area contributed by atoms with Crippen LogP contribution in [0.2, 0.25) is 0 Å². The van der Waals surface area contributed by atoms with Crippen molar-refractivity contribution in [1.29, 1.82) is 0 Å². The number of rotatable bonds is 29. The van der Waals surface area contributed by atoms with Crippen molar-refractivity contribution in [2.45, 2.75) is 201 Å². The molecule has 0 aromatic rings. The molecule has 2 unspecified atom stereocenters. The van der Waals surface area contributed by atoms with E-state index in [2.05, 4.69) is 27.7 Å². The first kappa shape index (κ1) is 35.5. The quantitative estimate of drug-likeness (QED) is 0.102. The Labute approximate surface area is 228 Å². The molecule has 0 fully saturated rings. The van der Waals surface area contributed by atoms with Gasteiger partial charge in [-0.15, -0.1) is 0 Å². The first-order valence-electron chi connectivity index (χ1n) is 16.8. The highest BCUT2D eigenvalue weighted by atomic mass is 16.4. The molecule has 0 rings (SSSR count). The van der Waals surface area contributed by atoms with Crippen LogP contribution in [0.25, 0.3) is 0 Å². The van der Waals surface area contributed by atoms with Gasteiger partial charge in [-0.25, -0.2) is 0 Å². The highest BCUT2D eigenvalue weighted by molar-refractivity contribution is 5.75. The lowest BCUT2D eigenvalue weighted by Gasteiger charge is -2.38. The van der Waals surface area contributed by atoms with E-state index in [-0.39, 0.29) is 0 Å². The fourth-order valence-electron chi connectivity index (χ4n) is 6.40. The third-order valence-corrected chi connectivity index (χ3v) is 8.67. The number of hydrogen-bond acceptors (Lipinski definition) is 1. The maximum atomic E-state index is 12.7. The zero-order chi connectivity index (χ0) is 26.7. The van der Waals surface area contributed by atoms with Crippen LogP contribution >= 0.6 is 0 Å². The van der Waals surface area contributed by atoms with Crippen LogP contribution in [0.5, 0.6) is 0 Å². The van der Waals surface area contributed by atoms with Crippen molar-refractivity contribution in [3.05, 3.63) is 0 Å². The minimum Gasteiger partial charge on any atom is -0.481 e. The minimum absolute atomic E-state index is 0.359. The average Bonchev–Trinajstić information content (AvgIpc) is 2.87. The summed E-state index contributed by atoms with van der Waals surface area (Å²) in [4.78, 5) is 12.7. The SMILES string of the molecule is CCCCCCCCCCCCCCCC(CCC)C(CCC)(CCCCCCCCCC)C(=O)O. The number of carbonyl (C=O) groups is 1. The Morgan fingerprint density at radius 3 is 1.22 bits per heavy atom. The van der Waals surface area contributed by atoms with Gasteiger partial charge in [0.15, 0.2) is 0 Å². The van der Waals surface area contributed by atoms with Crippen LogP contribution in [-0.2, 0) is 4.79 Å². The molecule has 1 N–H and O–H groups in total. The summed E-state index contributed by atoms with van der Waals surface area (Å²) in [6, 6.07) is 0. The summed E-state index contributed by atoms with van der Waals surface area (Å²) in [6.07, 6.45) is 34.2. The van der Waals surface area contributed by atoms with Crippen molar-refractivity contribution in [1.82, 2.24) is 0 Å². The van der Waals surface area contributed by atoms with E-state index in [0.717, 1.165) is 44.9 Å². The third-order valence-electron chi connectivity index (χ3n) is 8.67. The van der Waals surface area contributed by atoms with Crippen molar-refractivity contribution >= 4 is 5.97 Å². The van der Waals surface area contributed by atoms with Gasteiger partial charge in [-0.3, -0.25) is 4.79 Å². The molecule has 0 aliphatic carbocycles. The Hall–Kier alpha value is -0.530. The number of carboxylic acid groups (broad SMARTS) is 1. The second kappa shape index (κ2) is 26.1. The molecule has 216 valence electrons. The van der Waals surface area contributed by atoms with Crippen molar-refractivity contribution in [3.63, 3.8) is 0 Å². The summed E-state index contributed by atoms with van der Waals surface area (Å²) in [6.45, 7) is 8.98. The van der Waals surface area contributed by atoms with Gasteiger partial charge in [0.25, 0.3) is 0 Å². The Morgan fingerprint density at radius 1 is 0.472 bits per heavy atom. The second-order valence-corrected chi connectivity index (χ2v) is 12.0. The molecule has 0 radical (unpaired) electrons. The van der Waals surface area contributed by atoms with Gasteiger partial charge in [-0.05, 0) is 31.6 Å². The van der Waals surface area contributed by atoms with E-state index in [1.165, 1.54) is 128 Å². The van der Waals surface area contributed by atoms with E-state index >= 15 is 0 Å². The maximum absolute atomic E-state index is 12.7. The van der Waals surface area contributed by atoms with Crippen molar-refractivity contribution < 1.29 is 9.90 Å². The van der Waals surface area contributed by atoms with E-state index in [1.807, 2.05) is 0 Å². The molecule has 2 nitrogen and oxygen atoms in total. The smallest absolute Gasteiger partial charge is 0.309 e. The molecular formula is C34H68O2. The Kier molecular flexibility index (Phi) is 25.7. The zero-order valence-electron chi connectivity index (χ0n) is 25.5. The van der Waals surface area contributed by atoms with Gasteiger partial charge in [-0.1, -0.05) is 175 Å². The van der Waals surface area contributed by atoms with Gasteiger partial charge >= 0.3 is 5.97 Å². The topological polar surface area (TPSA) is 37.3 Å². The van der Waals surface area contributed by atoms with Crippen LogP contribution in [0, 0.1) is 11.3 Å². The number of hydrogen-bond donors (Lipinski definition) is 1. The molecule has 0 heterocycles. The lowest BCUT2D eigenvalue weighted by molar-refractivity contribution is -0.155. The van der Waals surface area contributed by atoms with Gasteiger partial charge in [-0.2, -0.15) is 0 Å². The van der Waals surface area contributed by atoms with Gasteiger partial charge < -0.3 is 5.11 Å². The van der Waals surface area contributed by atoms with Gasteiger partial charge in [0, 0.05) is 0 Å². The highest BCUT2D eigenvalue weighted by Gasteiger charge is 2.43. The molecule has 0 aliphatic rings. The molecule has 0 bridgehead atoms. The monoisotopic (exact) mass is 509 g/mol. The second-order valence-electron chi connectivity index (χ2n) is 12.0. The van der Waals surface area contributed by atoms with Crippen LogP contribution in [-0.4, -0.2) is 11.1 Å². The van der Waals surface area contributed by atoms with Crippen LogP contribution in [0.3, 0.4) is 0 Å². The summed E-state index contributed by atoms with van der Waals surface area (Å²) in [7, 11) is 0.